The number of hydrogen-bond donors (Lipinski definition) is 2. The minimum atomic E-state index is 0.140. The van der Waals surface area contributed by atoms with Crippen molar-refractivity contribution in [2.75, 3.05) is 45.9 Å². The van der Waals surface area contributed by atoms with Crippen molar-refractivity contribution >= 4 is 5.91 Å². The fourth-order valence-electron chi connectivity index (χ4n) is 2.27. The summed E-state index contributed by atoms with van der Waals surface area (Å²) < 4.78 is 0. The standard InChI is InChI=1S/C13H27N3O2/c1-12(2)14-13(18)4-7-15-5-3-6-16(9-8-15)10-11-17/h12,17H,3-11H2,1-2H3,(H,14,18). The predicted octanol–water partition coefficient (Wildman–Crippen LogP) is -0.0989. The van der Waals surface area contributed by atoms with E-state index >= 15 is 0 Å². The summed E-state index contributed by atoms with van der Waals surface area (Å²) in [6.45, 7) is 9.89. The largest absolute Gasteiger partial charge is 0.395 e. The number of aliphatic hydroxyl groups excluding tert-OH is 1. The first-order valence-electron chi connectivity index (χ1n) is 6.96. The lowest BCUT2D eigenvalue weighted by Crippen LogP contribution is -2.36. The Morgan fingerprint density at radius 1 is 1.17 bits per heavy atom. The summed E-state index contributed by atoms with van der Waals surface area (Å²) in [6.07, 6.45) is 1.70. The zero-order valence-electron chi connectivity index (χ0n) is 11.7. The van der Waals surface area contributed by atoms with Gasteiger partial charge < -0.3 is 15.3 Å². The Bertz CT molecular complexity index is 246. The average Bonchev–Trinajstić information content (AvgIpc) is 2.52. The monoisotopic (exact) mass is 257 g/mol. The first-order chi connectivity index (χ1) is 8.61. The molecule has 0 unspecified atom stereocenters. The van der Waals surface area contributed by atoms with E-state index in [1.165, 1.54) is 0 Å². The van der Waals surface area contributed by atoms with Gasteiger partial charge in [0.1, 0.15) is 0 Å². The molecule has 18 heavy (non-hydrogen) atoms. The molecule has 1 amide bonds. The average molecular weight is 257 g/mol. The van der Waals surface area contributed by atoms with Gasteiger partial charge in [-0.15, -0.1) is 0 Å². The number of β-amino-alcohol motifs (C(OH)–C–C–N with tert-alkyl or cyclic N) is 1. The molecule has 0 spiro atoms. The second kappa shape index (κ2) is 8.45. The predicted molar refractivity (Wildman–Crippen MR) is 72.5 cm³/mol. The van der Waals surface area contributed by atoms with Crippen molar-refractivity contribution in [2.24, 2.45) is 0 Å². The molecule has 0 aliphatic carbocycles. The van der Waals surface area contributed by atoms with Gasteiger partial charge in [0, 0.05) is 38.6 Å². The van der Waals surface area contributed by atoms with Crippen LogP contribution in [-0.2, 0) is 4.79 Å². The van der Waals surface area contributed by atoms with Gasteiger partial charge in [0.15, 0.2) is 0 Å². The van der Waals surface area contributed by atoms with Crippen LogP contribution in [0.3, 0.4) is 0 Å². The fourth-order valence-corrected chi connectivity index (χ4v) is 2.27. The summed E-state index contributed by atoms with van der Waals surface area (Å²) in [5, 5.41) is 11.8. The van der Waals surface area contributed by atoms with Gasteiger partial charge in [-0.25, -0.2) is 0 Å². The van der Waals surface area contributed by atoms with E-state index in [1.807, 2.05) is 13.8 Å². The van der Waals surface area contributed by atoms with Crippen LogP contribution in [0.4, 0.5) is 0 Å². The Labute approximate surface area is 110 Å². The molecule has 0 bridgehead atoms. The zero-order chi connectivity index (χ0) is 13.4. The third-order valence-corrected chi connectivity index (χ3v) is 3.20. The molecule has 1 rings (SSSR count). The van der Waals surface area contributed by atoms with Gasteiger partial charge in [-0.1, -0.05) is 0 Å². The number of hydrogen-bond acceptors (Lipinski definition) is 4. The molecule has 1 aliphatic heterocycles. The molecule has 0 atom stereocenters. The summed E-state index contributed by atoms with van der Waals surface area (Å²) in [6, 6.07) is 0.224. The minimum absolute atomic E-state index is 0.140. The van der Waals surface area contributed by atoms with E-state index in [-0.39, 0.29) is 18.6 Å². The third kappa shape index (κ3) is 6.33. The van der Waals surface area contributed by atoms with Crippen LogP contribution in [0.2, 0.25) is 0 Å². The SMILES string of the molecule is CC(C)NC(=O)CCN1CCCN(CCO)CC1. The first-order valence-corrected chi connectivity index (χ1v) is 6.96. The molecule has 1 fully saturated rings. The normalized spacial score (nSPS) is 18.9. The van der Waals surface area contributed by atoms with Crippen LogP contribution in [0.1, 0.15) is 26.7 Å². The summed E-state index contributed by atoms with van der Waals surface area (Å²) in [5.74, 6) is 0.140. The van der Waals surface area contributed by atoms with Crippen LogP contribution >= 0.6 is 0 Å². The zero-order valence-corrected chi connectivity index (χ0v) is 11.7. The van der Waals surface area contributed by atoms with Crippen LogP contribution in [0, 0.1) is 0 Å². The molecule has 0 aromatic heterocycles. The highest BCUT2D eigenvalue weighted by atomic mass is 16.3. The van der Waals surface area contributed by atoms with Crippen molar-refractivity contribution in [2.45, 2.75) is 32.7 Å². The van der Waals surface area contributed by atoms with Crippen molar-refractivity contribution < 1.29 is 9.90 Å². The molecule has 0 radical (unpaired) electrons. The molecular weight excluding hydrogens is 230 g/mol. The van der Waals surface area contributed by atoms with E-state index in [4.69, 9.17) is 5.11 Å². The Morgan fingerprint density at radius 2 is 1.78 bits per heavy atom. The highest BCUT2D eigenvalue weighted by molar-refractivity contribution is 5.76. The maximum Gasteiger partial charge on any atom is 0.221 e. The Kier molecular flexibility index (Phi) is 7.23. The number of nitrogens with zero attached hydrogens (tertiary/aromatic N) is 2. The molecule has 5 heteroatoms. The van der Waals surface area contributed by atoms with E-state index in [0.717, 1.165) is 45.7 Å². The second-order valence-electron chi connectivity index (χ2n) is 5.23. The van der Waals surface area contributed by atoms with Gasteiger partial charge in [-0.3, -0.25) is 9.69 Å². The van der Waals surface area contributed by atoms with Crippen molar-refractivity contribution in [1.82, 2.24) is 15.1 Å². The maximum atomic E-state index is 11.6. The van der Waals surface area contributed by atoms with Crippen LogP contribution < -0.4 is 5.32 Å². The number of carbonyl (C=O) groups is 1. The van der Waals surface area contributed by atoms with Gasteiger partial charge in [-0.2, -0.15) is 0 Å². The van der Waals surface area contributed by atoms with E-state index in [1.54, 1.807) is 0 Å². The third-order valence-electron chi connectivity index (χ3n) is 3.20. The number of rotatable bonds is 6. The molecular formula is C13H27N3O2. The van der Waals surface area contributed by atoms with Crippen molar-refractivity contribution in [3.05, 3.63) is 0 Å². The van der Waals surface area contributed by atoms with Crippen LogP contribution in [0.5, 0.6) is 0 Å². The van der Waals surface area contributed by atoms with Gasteiger partial charge in [-0.05, 0) is 33.4 Å². The number of nitrogens with one attached hydrogen (secondary N) is 1. The lowest BCUT2D eigenvalue weighted by molar-refractivity contribution is -0.121. The molecule has 1 saturated heterocycles. The molecule has 1 heterocycles. The van der Waals surface area contributed by atoms with Crippen molar-refractivity contribution in [1.29, 1.82) is 0 Å². The van der Waals surface area contributed by atoms with E-state index in [2.05, 4.69) is 15.1 Å². The van der Waals surface area contributed by atoms with E-state index in [0.29, 0.717) is 6.42 Å². The first kappa shape index (κ1) is 15.4. The van der Waals surface area contributed by atoms with Gasteiger partial charge in [0.2, 0.25) is 5.91 Å². The Hall–Kier alpha value is -0.650. The Balaban J connectivity index is 2.21. The summed E-state index contributed by atoms with van der Waals surface area (Å²) >= 11 is 0. The van der Waals surface area contributed by atoms with Gasteiger partial charge >= 0.3 is 0 Å². The molecule has 0 aromatic rings. The van der Waals surface area contributed by atoms with Gasteiger partial charge in [0.25, 0.3) is 0 Å². The molecule has 5 nitrogen and oxygen atoms in total. The number of aliphatic hydroxyl groups is 1. The Morgan fingerprint density at radius 3 is 2.33 bits per heavy atom. The number of carbonyl (C=O) groups excluding carboxylic acids is 1. The summed E-state index contributed by atoms with van der Waals surface area (Å²) in [7, 11) is 0. The molecule has 1 aliphatic rings. The van der Waals surface area contributed by atoms with E-state index < -0.39 is 0 Å². The van der Waals surface area contributed by atoms with Crippen LogP contribution in [-0.4, -0.2) is 72.7 Å². The minimum Gasteiger partial charge on any atom is -0.395 e. The van der Waals surface area contributed by atoms with Crippen LogP contribution in [0.25, 0.3) is 0 Å². The maximum absolute atomic E-state index is 11.6. The molecule has 0 aromatic carbocycles. The molecule has 106 valence electrons. The van der Waals surface area contributed by atoms with Crippen molar-refractivity contribution in [3.63, 3.8) is 0 Å². The quantitative estimate of drug-likeness (QED) is 0.698. The van der Waals surface area contributed by atoms with Crippen molar-refractivity contribution in [3.8, 4) is 0 Å². The highest BCUT2D eigenvalue weighted by Gasteiger charge is 2.15. The lowest BCUT2D eigenvalue weighted by Gasteiger charge is -2.21. The number of amides is 1. The highest BCUT2D eigenvalue weighted by Crippen LogP contribution is 2.03. The summed E-state index contributed by atoms with van der Waals surface area (Å²) in [4.78, 5) is 16.2. The lowest BCUT2D eigenvalue weighted by atomic mass is 10.3. The topological polar surface area (TPSA) is 55.8 Å². The fraction of sp³-hybridized carbons (Fsp3) is 0.923. The molecule has 0 saturated carbocycles. The second-order valence-corrected chi connectivity index (χ2v) is 5.23. The summed E-state index contributed by atoms with van der Waals surface area (Å²) in [5.41, 5.74) is 0. The van der Waals surface area contributed by atoms with Crippen LogP contribution in [0.15, 0.2) is 0 Å². The smallest absolute Gasteiger partial charge is 0.221 e. The van der Waals surface area contributed by atoms with E-state index in [9.17, 15) is 4.79 Å². The van der Waals surface area contributed by atoms with Gasteiger partial charge in [0.05, 0.1) is 6.61 Å². The molecule has 2 N–H and O–H groups in total.